The molecule has 3 aliphatic heterocycles. The van der Waals surface area contributed by atoms with Gasteiger partial charge in [0.05, 0.1) is 6.54 Å². The van der Waals surface area contributed by atoms with Crippen LogP contribution < -0.4 is 10.2 Å². The van der Waals surface area contributed by atoms with Crippen molar-refractivity contribution in [1.82, 2.24) is 20.0 Å². The van der Waals surface area contributed by atoms with Crippen molar-refractivity contribution in [1.29, 1.82) is 0 Å². The summed E-state index contributed by atoms with van der Waals surface area (Å²) >= 11 is 6.08. The van der Waals surface area contributed by atoms with Crippen LogP contribution in [-0.2, 0) is 11.3 Å². The van der Waals surface area contributed by atoms with Gasteiger partial charge in [-0.15, -0.1) is 0 Å². The van der Waals surface area contributed by atoms with Crippen molar-refractivity contribution in [3.63, 3.8) is 0 Å². The summed E-state index contributed by atoms with van der Waals surface area (Å²) in [6.45, 7) is 3.83. The smallest absolute Gasteiger partial charge is 0.328 e. The standard InChI is InChI=1S/C23H25ClFN5O2/c1-14-11-28(18-9-5-16(24)6-10-18)22-26-20-19(29(22)12-14)21(31)30(23(32)27(20)2)13-15-3-7-17(25)8-4-15/h3-10,14,19-20,22,26H,11-13H2,1-2H3. The predicted octanol–water partition coefficient (Wildman–Crippen LogP) is 2.91. The van der Waals surface area contributed by atoms with E-state index in [0.29, 0.717) is 16.5 Å². The second-order valence-corrected chi connectivity index (χ2v) is 9.24. The highest BCUT2D eigenvalue weighted by Crippen LogP contribution is 2.35. The summed E-state index contributed by atoms with van der Waals surface area (Å²) in [5.41, 5.74) is 1.71. The van der Waals surface area contributed by atoms with Crippen molar-refractivity contribution in [3.8, 4) is 0 Å². The molecule has 7 nitrogen and oxygen atoms in total. The summed E-state index contributed by atoms with van der Waals surface area (Å²) < 4.78 is 13.3. The van der Waals surface area contributed by atoms with Crippen LogP contribution in [0.25, 0.3) is 0 Å². The van der Waals surface area contributed by atoms with Gasteiger partial charge in [-0.3, -0.25) is 19.9 Å². The molecule has 0 saturated carbocycles. The molecule has 32 heavy (non-hydrogen) atoms. The van der Waals surface area contributed by atoms with Gasteiger partial charge in [0.25, 0.3) is 5.91 Å². The number of anilines is 1. The number of amides is 3. The van der Waals surface area contributed by atoms with Crippen molar-refractivity contribution in [2.75, 3.05) is 25.0 Å². The molecule has 0 spiro atoms. The normalized spacial score (nSPS) is 28.2. The Morgan fingerprint density at radius 1 is 1.06 bits per heavy atom. The number of benzene rings is 2. The lowest BCUT2D eigenvalue weighted by Crippen LogP contribution is -2.66. The van der Waals surface area contributed by atoms with Crippen LogP contribution in [0, 0.1) is 11.7 Å². The summed E-state index contributed by atoms with van der Waals surface area (Å²) in [6, 6.07) is 12.7. The number of carbonyl (C=O) groups is 2. The Hall–Kier alpha value is -2.68. The minimum atomic E-state index is -0.499. The number of hydrogen-bond acceptors (Lipinski definition) is 5. The van der Waals surface area contributed by atoms with Crippen molar-refractivity contribution in [3.05, 3.63) is 64.9 Å². The van der Waals surface area contributed by atoms with E-state index >= 15 is 0 Å². The van der Waals surface area contributed by atoms with Gasteiger partial charge < -0.3 is 9.80 Å². The topological polar surface area (TPSA) is 59.1 Å². The van der Waals surface area contributed by atoms with Gasteiger partial charge in [-0.2, -0.15) is 0 Å². The Labute approximate surface area is 191 Å². The molecule has 3 heterocycles. The Bertz CT molecular complexity index is 1030. The van der Waals surface area contributed by atoms with Crippen LogP contribution in [0.4, 0.5) is 14.9 Å². The minimum absolute atomic E-state index is 0.112. The maximum absolute atomic E-state index is 13.6. The van der Waals surface area contributed by atoms with Gasteiger partial charge in [-0.1, -0.05) is 30.7 Å². The number of nitrogens with zero attached hydrogens (tertiary/aromatic N) is 4. The minimum Gasteiger partial charge on any atom is -0.343 e. The maximum Gasteiger partial charge on any atom is 0.328 e. The summed E-state index contributed by atoms with van der Waals surface area (Å²) in [4.78, 5) is 33.9. The SMILES string of the molecule is CC1CN(c2ccc(Cl)cc2)C2NC3C(C(=O)N(Cc4ccc(F)cc4)C(=O)N3C)N2C1. The molecule has 2 aromatic carbocycles. The van der Waals surface area contributed by atoms with E-state index in [1.54, 1.807) is 24.1 Å². The molecule has 2 aromatic rings. The second kappa shape index (κ2) is 8.03. The third-order valence-corrected chi connectivity index (χ3v) is 6.75. The average molecular weight is 458 g/mol. The van der Waals surface area contributed by atoms with E-state index in [4.69, 9.17) is 11.6 Å². The van der Waals surface area contributed by atoms with E-state index in [2.05, 4.69) is 22.0 Å². The summed E-state index contributed by atoms with van der Waals surface area (Å²) in [5, 5.41) is 4.18. The fraction of sp³-hybridized carbons (Fsp3) is 0.391. The Morgan fingerprint density at radius 2 is 1.75 bits per heavy atom. The zero-order valence-corrected chi connectivity index (χ0v) is 18.7. The van der Waals surface area contributed by atoms with Crippen molar-refractivity contribution < 1.29 is 14.0 Å². The number of hydrogen-bond donors (Lipinski definition) is 1. The number of halogens is 2. The number of imide groups is 1. The molecule has 168 valence electrons. The quantitative estimate of drug-likeness (QED) is 0.768. The van der Waals surface area contributed by atoms with Crippen LogP contribution in [0.2, 0.25) is 5.02 Å². The van der Waals surface area contributed by atoms with Gasteiger partial charge in [0, 0.05) is 30.8 Å². The first-order valence-electron chi connectivity index (χ1n) is 10.7. The zero-order valence-electron chi connectivity index (χ0n) is 17.9. The molecule has 4 atom stereocenters. The number of rotatable bonds is 3. The molecule has 4 unspecified atom stereocenters. The summed E-state index contributed by atoms with van der Waals surface area (Å²) in [6.07, 6.45) is -0.642. The third kappa shape index (κ3) is 3.52. The highest BCUT2D eigenvalue weighted by atomic mass is 35.5. The molecule has 3 fully saturated rings. The van der Waals surface area contributed by atoms with Crippen molar-refractivity contribution in [2.45, 2.75) is 32.0 Å². The van der Waals surface area contributed by atoms with E-state index in [0.717, 1.165) is 18.8 Å². The predicted molar refractivity (Wildman–Crippen MR) is 119 cm³/mol. The van der Waals surface area contributed by atoms with Crippen LogP contribution in [0.3, 0.4) is 0 Å². The van der Waals surface area contributed by atoms with Crippen molar-refractivity contribution >= 4 is 29.2 Å². The van der Waals surface area contributed by atoms with E-state index in [1.807, 2.05) is 24.3 Å². The molecule has 3 aliphatic rings. The molecule has 0 aromatic heterocycles. The fourth-order valence-electron chi connectivity index (χ4n) is 4.97. The van der Waals surface area contributed by atoms with E-state index in [1.165, 1.54) is 17.0 Å². The van der Waals surface area contributed by atoms with Crippen molar-refractivity contribution in [2.24, 2.45) is 5.92 Å². The lowest BCUT2D eigenvalue weighted by Gasteiger charge is -2.46. The molecule has 3 saturated heterocycles. The number of nitrogens with one attached hydrogen (secondary N) is 1. The Morgan fingerprint density at radius 3 is 2.44 bits per heavy atom. The van der Waals surface area contributed by atoms with Gasteiger partial charge in [-0.05, 0) is 47.9 Å². The fourth-order valence-corrected chi connectivity index (χ4v) is 5.10. The highest BCUT2D eigenvalue weighted by Gasteiger charge is 2.56. The van der Waals surface area contributed by atoms with Gasteiger partial charge >= 0.3 is 6.03 Å². The first kappa shape index (κ1) is 21.2. The lowest BCUT2D eigenvalue weighted by molar-refractivity contribution is -0.139. The van der Waals surface area contributed by atoms with Crippen LogP contribution in [-0.4, -0.2) is 65.3 Å². The Balaban J connectivity index is 1.45. The van der Waals surface area contributed by atoms with Crippen LogP contribution in [0.15, 0.2) is 48.5 Å². The molecule has 9 heteroatoms. The lowest BCUT2D eigenvalue weighted by atomic mass is 10.0. The number of carbonyl (C=O) groups excluding carboxylic acids is 2. The molecule has 0 radical (unpaired) electrons. The second-order valence-electron chi connectivity index (χ2n) is 8.81. The first-order valence-corrected chi connectivity index (χ1v) is 11.1. The third-order valence-electron chi connectivity index (χ3n) is 6.50. The Kier molecular flexibility index (Phi) is 5.31. The average Bonchev–Trinajstić information content (AvgIpc) is 3.16. The number of urea groups is 1. The number of fused-ring (bicyclic) bond motifs is 3. The number of likely N-dealkylation sites (N-methyl/N-ethyl adjacent to an activating group) is 1. The first-order chi connectivity index (χ1) is 15.3. The molecule has 1 N–H and O–H groups in total. The van der Waals surface area contributed by atoms with Gasteiger partial charge in [0.1, 0.15) is 24.3 Å². The van der Waals surface area contributed by atoms with Crippen LogP contribution in [0.1, 0.15) is 12.5 Å². The van der Waals surface area contributed by atoms with Gasteiger partial charge in [-0.25, -0.2) is 9.18 Å². The van der Waals surface area contributed by atoms with E-state index < -0.39 is 12.2 Å². The summed E-state index contributed by atoms with van der Waals surface area (Å²) in [7, 11) is 1.71. The zero-order chi connectivity index (χ0) is 22.6. The van der Waals surface area contributed by atoms with Gasteiger partial charge in [0.15, 0.2) is 0 Å². The summed E-state index contributed by atoms with van der Waals surface area (Å²) in [5.74, 6) is -0.263. The van der Waals surface area contributed by atoms with E-state index in [-0.39, 0.29) is 30.6 Å². The molecule has 0 aliphatic carbocycles. The molecular formula is C23H25ClFN5O2. The monoisotopic (exact) mass is 457 g/mol. The molecule has 3 amide bonds. The van der Waals surface area contributed by atoms with Crippen LogP contribution >= 0.6 is 11.6 Å². The van der Waals surface area contributed by atoms with E-state index in [9.17, 15) is 14.0 Å². The molecule has 0 bridgehead atoms. The molecule has 5 rings (SSSR count). The van der Waals surface area contributed by atoms with Crippen LogP contribution in [0.5, 0.6) is 0 Å². The molecular weight excluding hydrogens is 433 g/mol. The largest absolute Gasteiger partial charge is 0.343 e. The maximum atomic E-state index is 13.6. The van der Waals surface area contributed by atoms with Gasteiger partial charge in [0.2, 0.25) is 0 Å². The highest BCUT2D eigenvalue weighted by molar-refractivity contribution is 6.30.